The van der Waals surface area contributed by atoms with E-state index in [2.05, 4.69) is 4.99 Å². The van der Waals surface area contributed by atoms with Crippen LogP contribution in [0.4, 0.5) is 5.69 Å². The second-order valence-electron chi connectivity index (χ2n) is 5.05. The molecule has 0 saturated heterocycles. The Morgan fingerprint density at radius 3 is 2.67 bits per heavy atom. The normalized spacial score (nSPS) is 12.4. The molecule has 124 valence electrons. The second-order valence-corrected chi connectivity index (χ2v) is 5.05. The van der Waals surface area contributed by atoms with Crippen molar-refractivity contribution in [2.45, 2.75) is 6.42 Å². The van der Waals surface area contributed by atoms with Crippen molar-refractivity contribution in [3.63, 3.8) is 0 Å². The number of carbonyl (C=O) groups excluding carboxylic acids is 1. The molecule has 0 fully saturated rings. The molecule has 0 amide bonds. The van der Waals surface area contributed by atoms with Gasteiger partial charge in [0.25, 0.3) is 0 Å². The van der Waals surface area contributed by atoms with E-state index in [-0.39, 0.29) is 19.0 Å². The number of carbonyl (C=O) groups is 1. The lowest BCUT2D eigenvalue weighted by Crippen LogP contribution is -1.99. The lowest BCUT2D eigenvalue weighted by molar-refractivity contribution is 0.100. The molecule has 2 aromatic carbocycles. The molecule has 0 unspecified atom stereocenters. The number of nitrogens with zero attached hydrogens (tertiary/aromatic N) is 1. The molecule has 0 N–H and O–H groups in total. The van der Waals surface area contributed by atoms with Crippen molar-refractivity contribution in [3.8, 4) is 23.0 Å². The molecule has 1 heterocycles. The summed E-state index contributed by atoms with van der Waals surface area (Å²) < 4.78 is 20.9. The molecule has 0 aromatic heterocycles. The minimum Gasteiger partial charge on any atom is -0.493 e. The maximum absolute atomic E-state index is 12.2. The van der Waals surface area contributed by atoms with Gasteiger partial charge in [0.2, 0.25) is 6.79 Å². The quantitative estimate of drug-likeness (QED) is 0.601. The molecule has 6 nitrogen and oxygen atoms in total. The summed E-state index contributed by atoms with van der Waals surface area (Å²) in [7, 11) is 3.14. The van der Waals surface area contributed by atoms with Gasteiger partial charge in [-0.2, -0.15) is 0 Å². The molecule has 0 aliphatic carbocycles. The summed E-state index contributed by atoms with van der Waals surface area (Å²) >= 11 is 0. The number of aliphatic imine (C=N–C) groups is 1. The van der Waals surface area contributed by atoms with Gasteiger partial charge >= 0.3 is 0 Å². The standard InChI is InChI=1S/C18H17NO5/c1-21-15-6-4-13(10-17(15)22-2)19-8-7-14(20)12-3-5-16-18(9-12)24-11-23-16/h3-6,8-10H,7,11H2,1-2H3. The van der Waals surface area contributed by atoms with Crippen molar-refractivity contribution >= 4 is 17.7 Å². The summed E-state index contributed by atoms with van der Waals surface area (Å²) in [5.41, 5.74) is 1.25. The number of rotatable bonds is 6. The topological polar surface area (TPSA) is 66.4 Å². The van der Waals surface area contributed by atoms with Gasteiger partial charge in [0.15, 0.2) is 28.8 Å². The highest BCUT2D eigenvalue weighted by Gasteiger charge is 2.15. The van der Waals surface area contributed by atoms with Gasteiger partial charge in [0.05, 0.1) is 19.9 Å². The minimum atomic E-state index is -0.0440. The van der Waals surface area contributed by atoms with E-state index in [1.54, 1.807) is 56.8 Å². The average Bonchev–Trinajstić information content (AvgIpc) is 3.09. The fourth-order valence-corrected chi connectivity index (χ4v) is 2.33. The van der Waals surface area contributed by atoms with Crippen LogP contribution in [0.25, 0.3) is 0 Å². The number of benzene rings is 2. The van der Waals surface area contributed by atoms with E-state index in [1.165, 1.54) is 0 Å². The van der Waals surface area contributed by atoms with Crippen LogP contribution in [-0.2, 0) is 0 Å². The van der Waals surface area contributed by atoms with Crippen LogP contribution >= 0.6 is 0 Å². The van der Waals surface area contributed by atoms with Crippen LogP contribution < -0.4 is 18.9 Å². The van der Waals surface area contributed by atoms with Gasteiger partial charge in [0.1, 0.15) is 0 Å². The maximum atomic E-state index is 12.2. The number of Topliss-reactive ketones (excluding diaryl/α,β-unsaturated/α-hetero) is 1. The van der Waals surface area contributed by atoms with Crippen LogP contribution in [-0.4, -0.2) is 33.0 Å². The van der Waals surface area contributed by atoms with E-state index >= 15 is 0 Å². The molecule has 2 aromatic rings. The van der Waals surface area contributed by atoms with Crippen LogP contribution in [0.2, 0.25) is 0 Å². The average molecular weight is 327 g/mol. The van der Waals surface area contributed by atoms with E-state index in [0.717, 1.165) is 0 Å². The first-order valence-corrected chi connectivity index (χ1v) is 7.38. The number of methoxy groups -OCH3 is 2. The van der Waals surface area contributed by atoms with Crippen molar-refractivity contribution in [1.82, 2.24) is 0 Å². The molecule has 1 aliphatic heterocycles. The molecule has 0 spiro atoms. The van der Waals surface area contributed by atoms with Gasteiger partial charge in [-0.3, -0.25) is 9.79 Å². The Balaban J connectivity index is 1.66. The lowest BCUT2D eigenvalue weighted by Gasteiger charge is -2.07. The van der Waals surface area contributed by atoms with Gasteiger partial charge in [-0.1, -0.05) is 0 Å². The predicted molar refractivity (Wildman–Crippen MR) is 89.2 cm³/mol. The fraction of sp³-hybridized carbons (Fsp3) is 0.222. The first kappa shape index (κ1) is 15.9. The van der Waals surface area contributed by atoms with Crippen molar-refractivity contribution in [2.24, 2.45) is 4.99 Å². The third kappa shape index (κ3) is 3.32. The zero-order valence-corrected chi connectivity index (χ0v) is 13.4. The monoisotopic (exact) mass is 327 g/mol. The van der Waals surface area contributed by atoms with Crippen LogP contribution in [0, 0.1) is 0 Å². The molecule has 0 radical (unpaired) electrons. The number of hydrogen-bond donors (Lipinski definition) is 0. The summed E-state index contributed by atoms with van der Waals surface area (Å²) in [5, 5.41) is 0. The summed E-state index contributed by atoms with van der Waals surface area (Å²) in [6.07, 6.45) is 1.77. The third-order valence-corrected chi connectivity index (χ3v) is 3.58. The van der Waals surface area contributed by atoms with Gasteiger partial charge in [-0.15, -0.1) is 0 Å². The van der Waals surface area contributed by atoms with E-state index in [0.29, 0.717) is 34.2 Å². The zero-order chi connectivity index (χ0) is 16.9. The maximum Gasteiger partial charge on any atom is 0.231 e. The number of hydrogen-bond acceptors (Lipinski definition) is 6. The smallest absolute Gasteiger partial charge is 0.231 e. The van der Waals surface area contributed by atoms with E-state index in [9.17, 15) is 4.79 Å². The number of ether oxygens (including phenoxy) is 4. The van der Waals surface area contributed by atoms with Crippen molar-refractivity contribution in [2.75, 3.05) is 21.0 Å². The Bertz CT molecular complexity index is 785. The molecular formula is C18H17NO5. The SMILES string of the molecule is COc1ccc(N=CCC(=O)c2ccc3c(c2)OCO3)cc1OC. The zero-order valence-electron chi connectivity index (χ0n) is 13.4. The molecule has 6 heteroatoms. The van der Waals surface area contributed by atoms with E-state index < -0.39 is 0 Å². The Labute approximate surface area is 139 Å². The highest BCUT2D eigenvalue weighted by atomic mass is 16.7. The highest BCUT2D eigenvalue weighted by Crippen LogP contribution is 2.33. The minimum absolute atomic E-state index is 0.0440. The van der Waals surface area contributed by atoms with Crippen molar-refractivity contribution in [3.05, 3.63) is 42.0 Å². The third-order valence-electron chi connectivity index (χ3n) is 3.58. The van der Waals surface area contributed by atoms with Gasteiger partial charge in [0, 0.05) is 24.3 Å². The summed E-state index contributed by atoms with van der Waals surface area (Å²) in [6.45, 7) is 0.188. The molecule has 0 saturated carbocycles. The molecule has 3 rings (SSSR count). The van der Waals surface area contributed by atoms with Gasteiger partial charge < -0.3 is 18.9 Å². The van der Waals surface area contributed by atoms with Crippen molar-refractivity contribution < 1.29 is 23.7 Å². The first-order chi connectivity index (χ1) is 11.7. The Morgan fingerprint density at radius 1 is 1.08 bits per heavy atom. The fourth-order valence-electron chi connectivity index (χ4n) is 2.33. The molecule has 0 bridgehead atoms. The second kappa shape index (κ2) is 7.04. The largest absolute Gasteiger partial charge is 0.493 e. The van der Waals surface area contributed by atoms with E-state index in [1.807, 2.05) is 0 Å². The first-order valence-electron chi connectivity index (χ1n) is 7.38. The van der Waals surface area contributed by atoms with Gasteiger partial charge in [-0.05, 0) is 30.3 Å². The summed E-state index contributed by atoms with van der Waals surface area (Å²) in [5.74, 6) is 2.43. The number of fused-ring (bicyclic) bond motifs is 1. The number of ketones is 1. The Hall–Kier alpha value is -3.02. The molecule has 1 aliphatic rings. The van der Waals surface area contributed by atoms with Crippen LogP contribution in [0.1, 0.15) is 16.8 Å². The molecule has 0 atom stereocenters. The van der Waals surface area contributed by atoms with Crippen LogP contribution in [0.15, 0.2) is 41.4 Å². The predicted octanol–water partition coefficient (Wildman–Crippen LogP) is 3.41. The van der Waals surface area contributed by atoms with Gasteiger partial charge in [-0.25, -0.2) is 0 Å². The highest BCUT2D eigenvalue weighted by molar-refractivity contribution is 6.04. The summed E-state index contributed by atoms with van der Waals surface area (Å²) in [4.78, 5) is 16.5. The lowest BCUT2D eigenvalue weighted by atomic mass is 10.1. The summed E-state index contributed by atoms with van der Waals surface area (Å²) in [6, 6.07) is 10.5. The van der Waals surface area contributed by atoms with Crippen LogP contribution in [0.3, 0.4) is 0 Å². The Kier molecular flexibility index (Phi) is 4.65. The van der Waals surface area contributed by atoms with E-state index in [4.69, 9.17) is 18.9 Å². The molecular weight excluding hydrogens is 310 g/mol. The van der Waals surface area contributed by atoms with Crippen LogP contribution in [0.5, 0.6) is 23.0 Å². The molecule has 24 heavy (non-hydrogen) atoms. The van der Waals surface area contributed by atoms with Crippen molar-refractivity contribution in [1.29, 1.82) is 0 Å². The Morgan fingerprint density at radius 2 is 1.88 bits per heavy atom.